The SMILES string of the molecule is CC(C)N1CCCCC1Cc1nc(N)no1. The second-order valence-electron chi connectivity index (χ2n) is 4.73. The van der Waals surface area contributed by atoms with Crippen molar-refractivity contribution in [2.75, 3.05) is 12.3 Å². The van der Waals surface area contributed by atoms with Crippen LogP contribution in [0.1, 0.15) is 39.0 Å². The second kappa shape index (κ2) is 4.82. The lowest BCUT2D eigenvalue weighted by molar-refractivity contribution is 0.105. The molecule has 2 N–H and O–H groups in total. The van der Waals surface area contributed by atoms with E-state index in [4.69, 9.17) is 10.3 Å². The monoisotopic (exact) mass is 224 g/mol. The minimum atomic E-state index is 0.238. The Bertz CT molecular complexity index is 336. The number of nitrogens with two attached hydrogens (primary N) is 1. The molecule has 5 nitrogen and oxygen atoms in total. The number of likely N-dealkylation sites (tertiary alicyclic amines) is 1. The summed E-state index contributed by atoms with van der Waals surface area (Å²) in [6.45, 7) is 5.65. The molecule has 0 aromatic carbocycles. The highest BCUT2D eigenvalue weighted by Crippen LogP contribution is 2.22. The fourth-order valence-electron chi connectivity index (χ4n) is 2.47. The van der Waals surface area contributed by atoms with Crippen molar-refractivity contribution in [3.8, 4) is 0 Å². The van der Waals surface area contributed by atoms with Gasteiger partial charge in [0.1, 0.15) is 0 Å². The third kappa shape index (κ3) is 2.52. The van der Waals surface area contributed by atoms with Gasteiger partial charge in [-0.15, -0.1) is 0 Å². The van der Waals surface area contributed by atoms with Crippen LogP contribution in [0.5, 0.6) is 0 Å². The fourth-order valence-corrected chi connectivity index (χ4v) is 2.47. The first-order valence-electron chi connectivity index (χ1n) is 6.00. The Labute approximate surface area is 96.0 Å². The summed E-state index contributed by atoms with van der Waals surface area (Å²) in [5, 5.41) is 3.63. The van der Waals surface area contributed by atoms with E-state index in [0.29, 0.717) is 18.0 Å². The van der Waals surface area contributed by atoms with Gasteiger partial charge in [-0.05, 0) is 38.4 Å². The van der Waals surface area contributed by atoms with Crippen molar-refractivity contribution in [2.45, 2.75) is 51.6 Å². The van der Waals surface area contributed by atoms with Gasteiger partial charge in [-0.3, -0.25) is 4.90 Å². The molecule has 5 heteroatoms. The zero-order valence-corrected chi connectivity index (χ0v) is 10.0. The van der Waals surface area contributed by atoms with Gasteiger partial charge in [0, 0.05) is 18.5 Å². The molecule has 16 heavy (non-hydrogen) atoms. The summed E-state index contributed by atoms with van der Waals surface area (Å²) in [6, 6.07) is 1.10. The van der Waals surface area contributed by atoms with Crippen LogP contribution in [0.15, 0.2) is 4.52 Å². The van der Waals surface area contributed by atoms with Gasteiger partial charge in [-0.1, -0.05) is 6.42 Å². The Morgan fingerprint density at radius 3 is 2.94 bits per heavy atom. The second-order valence-corrected chi connectivity index (χ2v) is 4.73. The number of aromatic nitrogens is 2. The molecular weight excluding hydrogens is 204 g/mol. The predicted molar refractivity (Wildman–Crippen MR) is 61.9 cm³/mol. The third-order valence-corrected chi connectivity index (χ3v) is 3.23. The Morgan fingerprint density at radius 2 is 2.31 bits per heavy atom. The van der Waals surface area contributed by atoms with E-state index in [1.165, 1.54) is 25.8 Å². The van der Waals surface area contributed by atoms with E-state index in [0.717, 1.165) is 6.42 Å². The number of hydrogen-bond acceptors (Lipinski definition) is 5. The van der Waals surface area contributed by atoms with Crippen molar-refractivity contribution in [2.24, 2.45) is 0 Å². The van der Waals surface area contributed by atoms with E-state index in [2.05, 4.69) is 28.9 Å². The molecule has 1 aromatic rings. The summed E-state index contributed by atoms with van der Waals surface area (Å²) in [6.07, 6.45) is 4.61. The molecule has 1 fully saturated rings. The minimum absolute atomic E-state index is 0.238. The Morgan fingerprint density at radius 1 is 1.50 bits per heavy atom. The molecular formula is C11H20N4O. The fraction of sp³-hybridized carbons (Fsp3) is 0.818. The maximum Gasteiger partial charge on any atom is 0.260 e. The molecule has 0 radical (unpaired) electrons. The quantitative estimate of drug-likeness (QED) is 0.841. The lowest BCUT2D eigenvalue weighted by Crippen LogP contribution is -2.45. The molecule has 1 saturated heterocycles. The molecule has 1 aromatic heterocycles. The maximum absolute atomic E-state index is 5.45. The minimum Gasteiger partial charge on any atom is -0.365 e. The van der Waals surface area contributed by atoms with Crippen molar-refractivity contribution in [3.63, 3.8) is 0 Å². The van der Waals surface area contributed by atoms with Gasteiger partial charge in [0.25, 0.3) is 5.95 Å². The Kier molecular flexibility index (Phi) is 3.43. The van der Waals surface area contributed by atoms with Crippen LogP contribution >= 0.6 is 0 Å². The van der Waals surface area contributed by atoms with E-state index in [1.807, 2.05) is 0 Å². The molecule has 0 aliphatic carbocycles. The highest BCUT2D eigenvalue weighted by molar-refractivity contribution is 5.10. The normalized spacial score (nSPS) is 22.8. The molecule has 2 rings (SSSR count). The standard InChI is InChI=1S/C11H20N4O/c1-8(2)15-6-4-3-5-9(15)7-10-13-11(12)14-16-10/h8-9H,3-7H2,1-2H3,(H2,12,14). The number of nitrogens with zero attached hydrogens (tertiary/aromatic N) is 3. The Hall–Kier alpha value is -1.10. The van der Waals surface area contributed by atoms with E-state index in [-0.39, 0.29) is 5.95 Å². The summed E-state index contributed by atoms with van der Waals surface area (Å²) >= 11 is 0. The number of nitrogen functional groups attached to an aromatic ring is 1. The number of rotatable bonds is 3. The predicted octanol–water partition coefficient (Wildman–Crippen LogP) is 1.46. The van der Waals surface area contributed by atoms with E-state index < -0.39 is 0 Å². The highest BCUT2D eigenvalue weighted by atomic mass is 16.5. The van der Waals surface area contributed by atoms with Crippen LogP contribution in [0.4, 0.5) is 5.95 Å². The molecule has 1 aliphatic rings. The van der Waals surface area contributed by atoms with Crippen LogP contribution in [-0.4, -0.2) is 33.7 Å². The van der Waals surface area contributed by atoms with Gasteiger partial charge in [0.2, 0.25) is 5.89 Å². The molecule has 1 unspecified atom stereocenters. The molecule has 90 valence electrons. The first kappa shape index (κ1) is 11.4. The first-order chi connectivity index (χ1) is 7.66. The van der Waals surface area contributed by atoms with Crippen molar-refractivity contribution < 1.29 is 4.52 Å². The van der Waals surface area contributed by atoms with Crippen LogP contribution in [-0.2, 0) is 6.42 Å². The van der Waals surface area contributed by atoms with Crippen LogP contribution in [0.25, 0.3) is 0 Å². The third-order valence-electron chi connectivity index (χ3n) is 3.23. The zero-order valence-electron chi connectivity index (χ0n) is 10.0. The van der Waals surface area contributed by atoms with Gasteiger partial charge < -0.3 is 10.3 Å². The van der Waals surface area contributed by atoms with Crippen LogP contribution in [0.2, 0.25) is 0 Å². The largest absolute Gasteiger partial charge is 0.365 e. The highest BCUT2D eigenvalue weighted by Gasteiger charge is 2.26. The number of anilines is 1. The van der Waals surface area contributed by atoms with Gasteiger partial charge in [-0.25, -0.2) is 0 Å². The molecule has 1 atom stereocenters. The average molecular weight is 224 g/mol. The van der Waals surface area contributed by atoms with Crippen molar-refractivity contribution in [1.29, 1.82) is 0 Å². The average Bonchev–Trinajstić information content (AvgIpc) is 2.64. The van der Waals surface area contributed by atoms with Crippen LogP contribution in [0.3, 0.4) is 0 Å². The van der Waals surface area contributed by atoms with E-state index >= 15 is 0 Å². The van der Waals surface area contributed by atoms with E-state index in [1.54, 1.807) is 0 Å². The summed E-state index contributed by atoms with van der Waals surface area (Å²) in [5.41, 5.74) is 5.45. The number of hydrogen-bond donors (Lipinski definition) is 1. The van der Waals surface area contributed by atoms with Crippen LogP contribution < -0.4 is 5.73 Å². The zero-order chi connectivity index (χ0) is 11.5. The molecule has 1 aliphatic heterocycles. The molecule has 0 saturated carbocycles. The van der Waals surface area contributed by atoms with Gasteiger partial charge >= 0.3 is 0 Å². The van der Waals surface area contributed by atoms with Crippen molar-refractivity contribution in [1.82, 2.24) is 15.0 Å². The summed E-state index contributed by atoms with van der Waals surface area (Å²) in [7, 11) is 0. The van der Waals surface area contributed by atoms with Gasteiger partial charge in [0.05, 0.1) is 0 Å². The smallest absolute Gasteiger partial charge is 0.260 e. The van der Waals surface area contributed by atoms with E-state index in [9.17, 15) is 0 Å². The molecule has 0 amide bonds. The lowest BCUT2D eigenvalue weighted by Gasteiger charge is -2.38. The topological polar surface area (TPSA) is 68.2 Å². The summed E-state index contributed by atoms with van der Waals surface area (Å²) in [4.78, 5) is 6.59. The maximum atomic E-state index is 5.45. The molecule has 2 heterocycles. The summed E-state index contributed by atoms with van der Waals surface area (Å²) < 4.78 is 5.08. The number of piperidine rings is 1. The summed E-state index contributed by atoms with van der Waals surface area (Å²) in [5.74, 6) is 0.900. The molecule has 0 spiro atoms. The Balaban J connectivity index is 2.01. The van der Waals surface area contributed by atoms with Crippen molar-refractivity contribution in [3.05, 3.63) is 5.89 Å². The van der Waals surface area contributed by atoms with Crippen LogP contribution in [0, 0.1) is 0 Å². The van der Waals surface area contributed by atoms with Gasteiger partial charge in [-0.2, -0.15) is 4.98 Å². The van der Waals surface area contributed by atoms with Gasteiger partial charge in [0.15, 0.2) is 0 Å². The first-order valence-corrected chi connectivity index (χ1v) is 6.00. The van der Waals surface area contributed by atoms with Crippen molar-refractivity contribution >= 4 is 5.95 Å². The molecule has 0 bridgehead atoms. The lowest BCUT2D eigenvalue weighted by atomic mass is 9.98.